The van der Waals surface area contributed by atoms with Crippen molar-refractivity contribution >= 4 is 12.4 Å². The lowest BCUT2D eigenvalue weighted by Gasteiger charge is -2.19. The van der Waals surface area contributed by atoms with Gasteiger partial charge >= 0.3 is 6.09 Å². The summed E-state index contributed by atoms with van der Waals surface area (Å²) >= 11 is 0. The maximum Gasteiger partial charge on any atom is 0.407 e. The van der Waals surface area contributed by atoms with Gasteiger partial charge < -0.3 is 10.1 Å². The Morgan fingerprint density at radius 2 is 2.21 bits per heavy atom. The number of carbonyl (C=O) groups is 2. The highest BCUT2D eigenvalue weighted by Gasteiger charge is 2.15. The molecule has 104 valence electrons. The van der Waals surface area contributed by atoms with Crippen molar-refractivity contribution in [2.75, 3.05) is 6.54 Å². The summed E-state index contributed by atoms with van der Waals surface area (Å²) < 4.78 is 5.12. The second-order valence-corrected chi connectivity index (χ2v) is 5.20. The Balaban J connectivity index is 2.31. The van der Waals surface area contributed by atoms with Crippen LogP contribution in [0.4, 0.5) is 4.79 Å². The van der Waals surface area contributed by atoms with Crippen LogP contribution in [-0.2, 0) is 11.2 Å². The van der Waals surface area contributed by atoms with Gasteiger partial charge in [-0.1, -0.05) is 6.07 Å². The van der Waals surface area contributed by atoms with Gasteiger partial charge in [-0.05, 0) is 45.2 Å². The van der Waals surface area contributed by atoms with E-state index in [-0.39, 0.29) is 0 Å². The molecule has 0 atom stereocenters. The smallest absolute Gasteiger partial charge is 0.407 e. The first-order valence-corrected chi connectivity index (χ1v) is 6.28. The second kappa shape index (κ2) is 6.87. The van der Waals surface area contributed by atoms with E-state index < -0.39 is 11.7 Å². The van der Waals surface area contributed by atoms with Crippen LogP contribution in [0.1, 0.15) is 43.2 Å². The standard InChI is InChI=1S/C14H20N2O3/c1-14(2,3)19-13(18)16-9-5-7-11-6-4-8-15-12(11)10-17/h4,6,8,10H,5,7,9H2,1-3H3,(H,16,18). The minimum atomic E-state index is -0.488. The van der Waals surface area contributed by atoms with E-state index in [1.165, 1.54) is 0 Å². The number of hydrogen-bond donors (Lipinski definition) is 1. The fourth-order valence-corrected chi connectivity index (χ4v) is 1.55. The molecule has 5 nitrogen and oxygen atoms in total. The zero-order chi connectivity index (χ0) is 14.3. The molecule has 0 radical (unpaired) electrons. The van der Waals surface area contributed by atoms with Crippen molar-refractivity contribution in [3.8, 4) is 0 Å². The molecule has 1 aromatic rings. The maximum atomic E-state index is 11.4. The number of hydrogen-bond acceptors (Lipinski definition) is 4. The number of aldehydes is 1. The van der Waals surface area contributed by atoms with E-state index >= 15 is 0 Å². The Labute approximate surface area is 113 Å². The van der Waals surface area contributed by atoms with Crippen molar-refractivity contribution in [1.29, 1.82) is 0 Å². The number of alkyl carbamates (subject to hydrolysis) is 1. The number of nitrogens with zero attached hydrogens (tertiary/aromatic N) is 1. The van der Waals surface area contributed by atoms with E-state index in [2.05, 4.69) is 10.3 Å². The number of pyridine rings is 1. The van der Waals surface area contributed by atoms with Gasteiger partial charge in [0.15, 0.2) is 6.29 Å². The van der Waals surface area contributed by atoms with Crippen molar-refractivity contribution in [2.45, 2.75) is 39.2 Å². The molecule has 0 unspecified atom stereocenters. The molecular weight excluding hydrogens is 244 g/mol. The maximum absolute atomic E-state index is 11.4. The van der Waals surface area contributed by atoms with Crippen LogP contribution in [0.15, 0.2) is 18.3 Å². The number of carbonyl (C=O) groups excluding carboxylic acids is 2. The van der Waals surface area contributed by atoms with E-state index in [0.29, 0.717) is 18.7 Å². The number of rotatable bonds is 5. The van der Waals surface area contributed by atoms with Gasteiger partial charge in [-0.2, -0.15) is 0 Å². The lowest BCUT2D eigenvalue weighted by Crippen LogP contribution is -2.33. The largest absolute Gasteiger partial charge is 0.444 e. The molecule has 1 N–H and O–H groups in total. The molecule has 5 heteroatoms. The average Bonchev–Trinajstić information content (AvgIpc) is 2.33. The molecule has 1 aromatic heterocycles. The van der Waals surface area contributed by atoms with Crippen LogP contribution in [0, 0.1) is 0 Å². The predicted octanol–water partition coefficient (Wildman–Crippen LogP) is 2.35. The van der Waals surface area contributed by atoms with E-state index in [1.54, 1.807) is 12.3 Å². The zero-order valence-corrected chi connectivity index (χ0v) is 11.6. The number of aryl methyl sites for hydroxylation is 1. The molecule has 19 heavy (non-hydrogen) atoms. The van der Waals surface area contributed by atoms with Crippen molar-refractivity contribution in [2.24, 2.45) is 0 Å². The van der Waals surface area contributed by atoms with Crippen LogP contribution >= 0.6 is 0 Å². The molecule has 0 saturated carbocycles. The molecule has 1 rings (SSSR count). The Kier molecular flexibility index (Phi) is 5.48. The minimum Gasteiger partial charge on any atom is -0.444 e. The van der Waals surface area contributed by atoms with Crippen LogP contribution < -0.4 is 5.32 Å². The highest BCUT2D eigenvalue weighted by atomic mass is 16.6. The monoisotopic (exact) mass is 264 g/mol. The molecule has 0 aliphatic rings. The first-order valence-electron chi connectivity index (χ1n) is 6.28. The summed E-state index contributed by atoms with van der Waals surface area (Å²) in [5.41, 5.74) is 0.862. The summed E-state index contributed by atoms with van der Waals surface area (Å²) in [6.07, 6.45) is 3.33. The molecule has 0 spiro atoms. The molecule has 0 fully saturated rings. The van der Waals surface area contributed by atoms with E-state index in [4.69, 9.17) is 4.74 Å². The summed E-state index contributed by atoms with van der Waals surface area (Å²) in [5, 5.41) is 2.68. The van der Waals surface area contributed by atoms with Gasteiger partial charge in [0.05, 0.1) is 0 Å². The Bertz CT molecular complexity index is 439. The fourth-order valence-electron chi connectivity index (χ4n) is 1.55. The van der Waals surface area contributed by atoms with Crippen LogP contribution in [0.25, 0.3) is 0 Å². The number of aromatic nitrogens is 1. The highest BCUT2D eigenvalue weighted by Crippen LogP contribution is 2.07. The minimum absolute atomic E-state index is 0.422. The summed E-state index contributed by atoms with van der Waals surface area (Å²) in [4.78, 5) is 26.1. The summed E-state index contributed by atoms with van der Waals surface area (Å²) in [6.45, 7) is 5.96. The van der Waals surface area contributed by atoms with Gasteiger partial charge in [0.1, 0.15) is 11.3 Å². The third-order valence-electron chi connectivity index (χ3n) is 2.33. The van der Waals surface area contributed by atoms with Gasteiger partial charge in [-0.3, -0.25) is 9.78 Å². The molecule has 0 aromatic carbocycles. The normalized spacial score (nSPS) is 10.9. The van der Waals surface area contributed by atoms with Crippen LogP contribution in [0.5, 0.6) is 0 Å². The number of ether oxygens (including phenoxy) is 1. The summed E-state index contributed by atoms with van der Waals surface area (Å²) in [5.74, 6) is 0. The number of amides is 1. The molecule has 0 aliphatic heterocycles. The Morgan fingerprint density at radius 3 is 2.84 bits per heavy atom. The zero-order valence-electron chi connectivity index (χ0n) is 11.6. The highest BCUT2D eigenvalue weighted by molar-refractivity contribution is 5.74. The SMILES string of the molecule is CC(C)(C)OC(=O)NCCCc1cccnc1C=O. The van der Waals surface area contributed by atoms with Gasteiger partial charge in [-0.15, -0.1) is 0 Å². The van der Waals surface area contributed by atoms with Crippen molar-refractivity contribution < 1.29 is 14.3 Å². The van der Waals surface area contributed by atoms with Gasteiger partial charge in [-0.25, -0.2) is 4.79 Å². The van der Waals surface area contributed by atoms with Crippen molar-refractivity contribution in [3.05, 3.63) is 29.6 Å². The topological polar surface area (TPSA) is 68.3 Å². The summed E-state index contributed by atoms with van der Waals surface area (Å²) in [7, 11) is 0. The third kappa shape index (κ3) is 5.99. The van der Waals surface area contributed by atoms with E-state index in [9.17, 15) is 9.59 Å². The molecule has 0 bridgehead atoms. The molecule has 0 saturated heterocycles. The van der Waals surface area contributed by atoms with Crippen LogP contribution in [0.3, 0.4) is 0 Å². The lowest BCUT2D eigenvalue weighted by molar-refractivity contribution is 0.0527. The average molecular weight is 264 g/mol. The molecule has 0 aliphatic carbocycles. The van der Waals surface area contributed by atoms with Gasteiger partial charge in [0.25, 0.3) is 0 Å². The Morgan fingerprint density at radius 1 is 1.47 bits per heavy atom. The van der Waals surface area contributed by atoms with Crippen LogP contribution in [-0.4, -0.2) is 29.5 Å². The summed E-state index contributed by atoms with van der Waals surface area (Å²) in [6, 6.07) is 3.66. The first-order chi connectivity index (χ1) is 8.92. The fraction of sp³-hybridized carbons (Fsp3) is 0.500. The van der Waals surface area contributed by atoms with Gasteiger partial charge in [0, 0.05) is 12.7 Å². The predicted molar refractivity (Wildman–Crippen MR) is 72.2 cm³/mol. The quantitative estimate of drug-likeness (QED) is 0.654. The molecular formula is C14H20N2O3. The van der Waals surface area contributed by atoms with Gasteiger partial charge in [0.2, 0.25) is 0 Å². The number of nitrogens with one attached hydrogen (secondary N) is 1. The van der Waals surface area contributed by atoms with Crippen molar-refractivity contribution in [1.82, 2.24) is 10.3 Å². The van der Waals surface area contributed by atoms with Crippen LogP contribution in [0.2, 0.25) is 0 Å². The molecule has 1 amide bonds. The lowest BCUT2D eigenvalue weighted by atomic mass is 10.1. The van der Waals surface area contributed by atoms with E-state index in [0.717, 1.165) is 18.3 Å². The third-order valence-corrected chi connectivity index (χ3v) is 2.33. The first kappa shape index (κ1) is 15.1. The van der Waals surface area contributed by atoms with E-state index in [1.807, 2.05) is 26.8 Å². The van der Waals surface area contributed by atoms with Crippen molar-refractivity contribution in [3.63, 3.8) is 0 Å². The molecule has 1 heterocycles. The Hall–Kier alpha value is -1.91. The second-order valence-electron chi connectivity index (χ2n) is 5.20.